The minimum absolute atomic E-state index is 0.434. The molecule has 1 heterocycles. The average molecular weight is 292 g/mol. The van der Waals surface area contributed by atoms with Crippen molar-refractivity contribution in [3.63, 3.8) is 0 Å². The van der Waals surface area contributed by atoms with E-state index in [4.69, 9.17) is 4.42 Å². The van der Waals surface area contributed by atoms with Crippen LogP contribution in [0.15, 0.2) is 23.0 Å². The number of nitrogens with one attached hydrogen (secondary N) is 2. The molecule has 21 heavy (non-hydrogen) atoms. The summed E-state index contributed by atoms with van der Waals surface area (Å²) in [5, 5.41) is 7.29. The molecule has 0 aromatic carbocycles. The molecule has 3 atom stereocenters. The van der Waals surface area contributed by atoms with Gasteiger partial charge in [-0.3, -0.25) is 0 Å². The third kappa shape index (κ3) is 5.15. The second kappa shape index (κ2) is 9.26. The maximum Gasteiger partial charge on any atom is 0.0950 e. The first kappa shape index (κ1) is 16.6. The van der Waals surface area contributed by atoms with E-state index in [0.717, 1.165) is 12.5 Å². The third-order valence-corrected chi connectivity index (χ3v) is 4.90. The summed E-state index contributed by atoms with van der Waals surface area (Å²) in [4.78, 5) is 0. The Morgan fingerprint density at radius 2 is 2.05 bits per heavy atom. The Kier molecular flexibility index (Phi) is 7.31. The monoisotopic (exact) mass is 292 g/mol. The molecule has 3 heteroatoms. The third-order valence-electron chi connectivity index (χ3n) is 4.90. The zero-order valence-electron chi connectivity index (χ0n) is 13.7. The predicted octanol–water partition coefficient (Wildman–Crippen LogP) is 4.27. The maximum atomic E-state index is 5.31. The van der Waals surface area contributed by atoms with E-state index in [2.05, 4.69) is 30.7 Å². The first-order chi connectivity index (χ1) is 10.3. The summed E-state index contributed by atoms with van der Waals surface area (Å²) in [5.74, 6) is 0.763. The van der Waals surface area contributed by atoms with Crippen LogP contribution in [0.1, 0.15) is 69.9 Å². The summed E-state index contributed by atoms with van der Waals surface area (Å²) < 4.78 is 5.31. The highest BCUT2D eigenvalue weighted by Crippen LogP contribution is 2.31. The van der Waals surface area contributed by atoms with E-state index in [9.17, 15) is 0 Å². The van der Waals surface area contributed by atoms with E-state index in [0.29, 0.717) is 12.1 Å². The van der Waals surface area contributed by atoms with E-state index in [1.165, 1.54) is 56.9 Å². The lowest BCUT2D eigenvalue weighted by molar-refractivity contribution is 0.255. The Morgan fingerprint density at radius 3 is 2.71 bits per heavy atom. The van der Waals surface area contributed by atoms with Crippen molar-refractivity contribution in [3.8, 4) is 0 Å². The molecular weight excluding hydrogens is 260 g/mol. The van der Waals surface area contributed by atoms with E-state index in [1.807, 2.05) is 6.26 Å². The van der Waals surface area contributed by atoms with Crippen LogP contribution >= 0.6 is 0 Å². The highest BCUT2D eigenvalue weighted by atomic mass is 16.3. The van der Waals surface area contributed by atoms with E-state index in [1.54, 1.807) is 6.26 Å². The molecule has 120 valence electrons. The molecule has 1 fully saturated rings. The van der Waals surface area contributed by atoms with Crippen LogP contribution < -0.4 is 10.6 Å². The fourth-order valence-electron chi connectivity index (χ4n) is 3.66. The van der Waals surface area contributed by atoms with Crippen molar-refractivity contribution in [2.24, 2.45) is 5.92 Å². The molecule has 1 aromatic heterocycles. The van der Waals surface area contributed by atoms with Crippen molar-refractivity contribution in [2.45, 2.75) is 70.4 Å². The molecule has 2 N–H and O–H groups in total. The van der Waals surface area contributed by atoms with Gasteiger partial charge in [0.2, 0.25) is 0 Å². The van der Waals surface area contributed by atoms with Crippen molar-refractivity contribution in [2.75, 3.05) is 13.6 Å². The Bertz CT molecular complexity index is 363. The molecule has 0 bridgehead atoms. The van der Waals surface area contributed by atoms with Gasteiger partial charge < -0.3 is 15.1 Å². The van der Waals surface area contributed by atoms with Crippen LogP contribution in [0, 0.1) is 5.92 Å². The topological polar surface area (TPSA) is 37.2 Å². The van der Waals surface area contributed by atoms with Gasteiger partial charge in [-0.05, 0) is 51.3 Å². The Hall–Kier alpha value is -0.800. The molecule has 0 amide bonds. The van der Waals surface area contributed by atoms with Crippen LogP contribution in [-0.4, -0.2) is 19.6 Å². The summed E-state index contributed by atoms with van der Waals surface area (Å²) >= 11 is 0. The smallest absolute Gasteiger partial charge is 0.0950 e. The van der Waals surface area contributed by atoms with Gasteiger partial charge in [-0.2, -0.15) is 0 Å². The molecule has 2 rings (SSSR count). The summed E-state index contributed by atoms with van der Waals surface area (Å²) in [7, 11) is 2.13. The number of furan rings is 1. The average Bonchev–Trinajstić information content (AvgIpc) is 3.00. The minimum Gasteiger partial charge on any atom is -0.472 e. The standard InChI is InChI=1S/C18H32N2O/c1-3-11-20-18(16-10-12-21-14-16)13-15-8-6-4-5-7-9-17(15)19-2/h10,12,14-15,17-20H,3-9,11,13H2,1-2H3. The minimum atomic E-state index is 0.434. The summed E-state index contributed by atoms with van der Waals surface area (Å²) in [6.07, 6.45) is 14.3. The van der Waals surface area contributed by atoms with E-state index < -0.39 is 0 Å². The second-order valence-electron chi connectivity index (χ2n) is 6.45. The van der Waals surface area contributed by atoms with Gasteiger partial charge in [-0.25, -0.2) is 0 Å². The number of hydrogen-bond acceptors (Lipinski definition) is 3. The predicted molar refractivity (Wildman–Crippen MR) is 88.4 cm³/mol. The molecule has 3 unspecified atom stereocenters. The van der Waals surface area contributed by atoms with Crippen molar-refractivity contribution >= 4 is 0 Å². The number of hydrogen-bond donors (Lipinski definition) is 2. The SMILES string of the molecule is CCCNC(CC1CCCCCCC1NC)c1ccoc1. The summed E-state index contributed by atoms with van der Waals surface area (Å²) in [6, 6.07) is 3.22. The Morgan fingerprint density at radius 1 is 1.24 bits per heavy atom. The largest absolute Gasteiger partial charge is 0.472 e. The van der Waals surface area contributed by atoms with E-state index >= 15 is 0 Å². The first-order valence-corrected chi connectivity index (χ1v) is 8.78. The first-order valence-electron chi connectivity index (χ1n) is 8.78. The zero-order chi connectivity index (χ0) is 14.9. The highest BCUT2D eigenvalue weighted by molar-refractivity contribution is 5.12. The van der Waals surface area contributed by atoms with Crippen LogP contribution in [0.3, 0.4) is 0 Å². The van der Waals surface area contributed by atoms with Crippen molar-refractivity contribution in [1.29, 1.82) is 0 Å². The maximum absolute atomic E-state index is 5.31. The molecule has 3 nitrogen and oxygen atoms in total. The molecular formula is C18H32N2O. The Balaban J connectivity index is 2.01. The second-order valence-corrected chi connectivity index (χ2v) is 6.45. The fourth-order valence-corrected chi connectivity index (χ4v) is 3.66. The molecule has 1 saturated carbocycles. The zero-order valence-corrected chi connectivity index (χ0v) is 13.7. The van der Waals surface area contributed by atoms with Crippen LogP contribution in [0.5, 0.6) is 0 Å². The summed E-state index contributed by atoms with van der Waals surface area (Å²) in [5.41, 5.74) is 1.31. The van der Waals surface area contributed by atoms with Gasteiger partial charge in [0.05, 0.1) is 12.5 Å². The van der Waals surface area contributed by atoms with Gasteiger partial charge in [0.25, 0.3) is 0 Å². The molecule has 1 aromatic rings. The molecule has 0 spiro atoms. The lowest BCUT2D eigenvalue weighted by atomic mass is 9.82. The molecule has 0 aliphatic heterocycles. The van der Waals surface area contributed by atoms with E-state index in [-0.39, 0.29) is 0 Å². The molecule has 0 radical (unpaired) electrons. The molecule has 1 aliphatic carbocycles. The van der Waals surface area contributed by atoms with Crippen LogP contribution in [0.25, 0.3) is 0 Å². The van der Waals surface area contributed by atoms with Gasteiger partial charge in [0, 0.05) is 17.6 Å². The van der Waals surface area contributed by atoms with Gasteiger partial charge in [-0.15, -0.1) is 0 Å². The number of rotatable bonds is 7. The molecule has 1 aliphatic rings. The van der Waals surface area contributed by atoms with Crippen molar-refractivity contribution in [1.82, 2.24) is 10.6 Å². The van der Waals surface area contributed by atoms with Crippen molar-refractivity contribution in [3.05, 3.63) is 24.2 Å². The summed E-state index contributed by atoms with van der Waals surface area (Å²) in [6.45, 7) is 3.30. The van der Waals surface area contributed by atoms with Gasteiger partial charge >= 0.3 is 0 Å². The normalized spacial score (nSPS) is 25.2. The van der Waals surface area contributed by atoms with Gasteiger partial charge in [-0.1, -0.05) is 32.6 Å². The Labute approximate surface area is 129 Å². The lowest BCUT2D eigenvalue weighted by Gasteiger charge is -2.32. The van der Waals surface area contributed by atoms with Crippen LogP contribution in [-0.2, 0) is 0 Å². The van der Waals surface area contributed by atoms with Crippen molar-refractivity contribution < 1.29 is 4.42 Å². The quantitative estimate of drug-likeness (QED) is 0.788. The van der Waals surface area contributed by atoms with Crippen LogP contribution in [0.4, 0.5) is 0 Å². The van der Waals surface area contributed by atoms with Crippen LogP contribution in [0.2, 0.25) is 0 Å². The van der Waals surface area contributed by atoms with Gasteiger partial charge in [0.15, 0.2) is 0 Å². The van der Waals surface area contributed by atoms with Gasteiger partial charge in [0.1, 0.15) is 0 Å². The molecule has 0 saturated heterocycles. The highest BCUT2D eigenvalue weighted by Gasteiger charge is 2.25. The fraction of sp³-hybridized carbons (Fsp3) is 0.778. The lowest BCUT2D eigenvalue weighted by Crippen LogP contribution is -2.37.